The van der Waals surface area contributed by atoms with Gasteiger partial charge in [0.2, 0.25) is 5.91 Å². The van der Waals surface area contributed by atoms with Gasteiger partial charge in [-0.3, -0.25) is 4.79 Å². The summed E-state index contributed by atoms with van der Waals surface area (Å²) in [7, 11) is 0. The molecule has 6 nitrogen and oxygen atoms in total. The number of hydrogen-bond acceptors (Lipinski definition) is 6. The molecule has 1 saturated heterocycles. The van der Waals surface area contributed by atoms with E-state index in [2.05, 4.69) is 25.4 Å². The second-order valence-corrected chi connectivity index (χ2v) is 9.01. The number of fused-ring (bicyclic) bond motifs is 1. The van der Waals surface area contributed by atoms with E-state index in [1.807, 2.05) is 60.7 Å². The molecule has 4 aromatic rings. The van der Waals surface area contributed by atoms with Crippen molar-refractivity contribution in [2.24, 2.45) is 5.92 Å². The van der Waals surface area contributed by atoms with E-state index in [-0.39, 0.29) is 11.8 Å². The van der Waals surface area contributed by atoms with Gasteiger partial charge >= 0.3 is 0 Å². The summed E-state index contributed by atoms with van der Waals surface area (Å²) in [6.45, 7) is 1.48. The van der Waals surface area contributed by atoms with Crippen LogP contribution in [0.15, 0.2) is 60.7 Å². The molecule has 0 radical (unpaired) electrons. The first kappa shape index (κ1) is 19.9. The highest BCUT2D eigenvalue weighted by Crippen LogP contribution is 2.28. The summed E-state index contributed by atoms with van der Waals surface area (Å²) in [6.07, 6.45) is 1.78. The number of nitrogens with zero attached hydrogens (tertiary/aromatic N) is 4. The van der Waals surface area contributed by atoms with E-state index in [4.69, 9.17) is 11.6 Å². The van der Waals surface area contributed by atoms with Gasteiger partial charge in [-0.1, -0.05) is 47.2 Å². The lowest BCUT2D eigenvalue weighted by atomic mass is 9.97. The Bertz CT molecular complexity index is 1180. The van der Waals surface area contributed by atoms with Crippen molar-refractivity contribution in [3.63, 3.8) is 0 Å². The van der Waals surface area contributed by atoms with Crippen LogP contribution in [0.2, 0.25) is 5.02 Å². The number of halogens is 1. The van der Waals surface area contributed by atoms with Crippen molar-refractivity contribution in [2.75, 3.05) is 23.3 Å². The van der Waals surface area contributed by atoms with Gasteiger partial charge in [-0.15, -0.1) is 10.2 Å². The number of carbonyl (C=O) groups is 1. The van der Waals surface area contributed by atoms with Crippen LogP contribution in [0.1, 0.15) is 12.8 Å². The highest BCUT2D eigenvalue weighted by molar-refractivity contribution is 7.22. The molecule has 0 saturated carbocycles. The highest BCUT2D eigenvalue weighted by atomic mass is 35.5. The molecule has 2 aromatic heterocycles. The number of anilines is 2. The smallest absolute Gasteiger partial charge is 0.231 e. The lowest BCUT2D eigenvalue weighted by Crippen LogP contribution is -2.41. The Morgan fingerprint density at radius 2 is 1.90 bits per heavy atom. The van der Waals surface area contributed by atoms with E-state index in [1.165, 1.54) is 11.3 Å². The molecule has 156 valence electrons. The van der Waals surface area contributed by atoms with Gasteiger partial charge in [0, 0.05) is 23.7 Å². The average Bonchev–Trinajstić information content (AvgIpc) is 3.22. The predicted molar refractivity (Wildman–Crippen MR) is 126 cm³/mol. The van der Waals surface area contributed by atoms with Crippen molar-refractivity contribution in [2.45, 2.75) is 12.8 Å². The first-order chi connectivity index (χ1) is 15.2. The minimum absolute atomic E-state index is 0.00880. The van der Waals surface area contributed by atoms with E-state index in [1.54, 1.807) is 0 Å². The van der Waals surface area contributed by atoms with Gasteiger partial charge < -0.3 is 10.2 Å². The molecule has 8 heteroatoms. The summed E-state index contributed by atoms with van der Waals surface area (Å²) in [5.41, 5.74) is 2.67. The topological polar surface area (TPSA) is 71.0 Å². The molecular formula is C23H20ClN5OS. The van der Waals surface area contributed by atoms with Crippen molar-refractivity contribution in [3.05, 3.63) is 65.7 Å². The van der Waals surface area contributed by atoms with E-state index >= 15 is 0 Å². The number of carbonyl (C=O) groups excluding carboxylic acids is 1. The van der Waals surface area contributed by atoms with E-state index in [0.717, 1.165) is 46.7 Å². The molecule has 1 atom stereocenters. The number of hydrogen-bond donors (Lipinski definition) is 1. The number of benzene rings is 2. The molecule has 31 heavy (non-hydrogen) atoms. The largest absolute Gasteiger partial charge is 0.354 e. The quantitative estimate of drug-likeness (QED) is 0.460. The molecule has 0 aliphatic carbocycles. The molecule has 2 aromatic carbocycles. The number of amides is 1. The van der Waals surface area contributed by atoms with Gasteiger partial charge in [-0.2, -0.15) is 0 Å². The molecule has 3 heterocycles. The fourth-order valence-corrected chi connectivity index (χ4v) is 4.80. The standard InChI is InChI=1S/C23H20ClN5OS/c24-17-9-7-15(8-10-17)18-11-12-21(28-27-18)29-13-3-4-16(14-29)22(30)26-23-25-19-5-1-2-6-20(19)31-23/h1-2,5-12,16H,3-4,13-14H2,(H,25,26,30). The van der Waals surface area contributed by atoms with Crippen LogP contribution in [-0.4, -0.2) is 34.2 Å². The van der Waals surface area contributed by atoms with Crippen molar-refractivity contribution in [3.8, 4) is 11.3 Å². The summed E-state index contributed by atoms with van der Waals surface area (Å²) < 4.78 is 1.07. The first-order valence-electron chi connectivity index (χ1n) is 10.2. The molecule has 1 amide bonds. The molecule has 1 N–H and O–H groups in total. The van der Waals surface area contributed by atoms with Gasteiger partial charge in [0.25, 0.3) is 0 Å². The van der Waals surface area contributed by atoms with Crippen LogP contribution < -0.4 is 10.2 Å². The first-order valence-corrected chi connectivity index (χ1v) is 11.4. The summed E-state index contributed by atoms with van der Waals surface area (Å²) >= 11 is 7.46. The zero-order valence-electron chi connectivity index (χ0n) is 16.7. The Labute approximate surface area is 188 Å². The van der Waals surface area contributed by atoms with Crippen LogP contribution in [0.3, 0.4) is 0 Å². The molecule has 1 unspecified atom stereocenters. The fourth-order valence-electron chi connectivity index (χ4n) is 3.80. The molecule has 1 aliphatic rings. The summed E-state index contributed by atoms with van der Waals surface area (Å²) in [4.78, 5) is 19.5. The van der Waals surface area contributed by atoms with Crippen LogP contribution in [0.4, 0.5) is 10.9 Å². The minimum atomic E-state index is -0.112. The van der Waals surface area contributed by atoms with Gasteiger partial charge in [-0.25, -0.2) is 4.98 Å². The third-order valence-electron chi connectivity index (χ3n) is 5.43. The summed E-state index contributed by atoms with van der Waals surface area (Å²) in [6, 6.07) is 19.3. The van der Waals surface area contributed by atoms with Crippen molar-refractivity contribution >= 4 is 50.0 Å². The number of nitrogens with one attached hydrogen (secondary N) is 1. The number of thiazole rings is 1. The lowest BCUT2D eigenvalue weighted by Gasteiger charge is -2.32. The Morgan fingerprint density at radius 1 is 1.06 bits per heavy atom. The molecule has 1 aliphatic heterocycles. The van der Waals surface area contributed by atoms with E-state index in [0.29, 0.717) is 16.7 Å². The van der Waals surface area contributed by atoms with Crippen molar-refractivity contribution in [1.29, 1.82) is 0 Å². The van der Waals surface area contributed by atoms with Gasteiger partial charge in [0.15, 0.2) is 10.9 Å². The van der Waals surface area contributed by atoms with Crippen LogP contribution in [0.5, 0.6) is 0 Å². The van der Waals surface area contributed by atoms with Crippen LogP contribution in [0, 0.1) is 5.92 Å². The number of piperidine rings is 1. The maximum atomic E-state index is 12.9. The number of rotatable bonds is 4. The van der Waals surface area contributed by atoms with E-state index in [9.17, 15) is 4.79 Å². The molecular weight excluding hydrogens is 430 g/mol. The predicted octanol–water partition coefficient (Wildman–Crippen LogP) is 5.26. The molecule has 0 spiro atoms. The van der Waals surface area contributed by atoms with Gasteiger partial charge in [-0.05, 0) is 49.2 Å². The summed E-state index contributed by atoms with van der Waals surface area (Å²) in [5, 5.41) is 13.1. The third-order valence-corrected chi connectivity index (χ3v) is 6.63. The molecule has 1 fully saturated rings. The normalized spacial score (nSPS) is 16.4. The number of aromatic nitrogens is 3. The van der Waals surface area contributed by atoms with Crippen molar-refractivity contribution < 1.29 is 4.79 Å². The van der Waals surface area contributed by atoms with Gasteiger partial charge in [0.1, 0.15) is 0 Å². The minimum Gasteiger partial charge on any atom is -0.354 e. The number of para-hydroxylation sites is 1. The Morgan fingerprint density at radius 3 is 2.68 bits per heavy atom. The van der Waals surface area contributed by atoms with Crippen LogP contribution >= 0.6 is 22.9 Å². The van der Waals surface area contributed by atoms with Crippen LogP contribution in [0.25, 0.3) is 21.5 Å². The zero-order valence-corrected chi connectivity index (χ0v) is 18.2. The third kappa shape index (κ3) is 4.38. The maximum Gasteiger partial charge on any atom is 0.231 e. The fraction of sp³-hybridized carbons (Fsp3) is 0.217. The summed E-state index contributed by atoms with van der Waals surface area (Å²) in [5.74, 6) is 0.684. The monoisotopic (exact) mass is 449 g/mol. The Balaban J connectivity index is 1.26. The van der Waals surface area contributed by atoms with Gasteiger partial charge in [0.05, 0.1) is 21.8 Å². The Hall–Kier alpha value is -3.03. The average molecular weight is 450 g/mol. The second kappa shape index (κ2) is 8.61. The van der Waals surface area contributed by atoms with Crippen molar-refractivity contribution in [1.82, 2.24) is 15.2 Å². The Kier molecular flexibility index (Phi) is 5.53. The van der Waals surface area contributed by atoms with E-state index < -0.39 is 0 Å². The van der Waals surface area contributed by atoms with Crippen LogP contribution in [-0.2, 0) is 4.79 Å². The SMILES string of the molecule is O=C(Nc1nc2ccccc2s1)C1CCCN(c2ccc(-c3ccc(Cl)cc3)nn2)C1. The molecule has 5 rings (SSSR count). The second-order valence-electron chi connectivity index (χ2n) is 7.54. The highest BCUT2D eigenvalue weighted by Gasteiger charge is 2.27. The lowest BCUT2D eigenvalue weighted by molar-refractivity contribution is -0.120. The maximum absolute atomic E-state index is 12.9. The molecule has 0 bridgehead atoms. The zero-order chi connectivity index (χ0) is 21.2.